The molecule has 4 nitrogen and oxygen atoms in total. The van der Waals surface area contributed by atoms with Gasteiger partial charge in [-0.1, -0.05) is 30.3 Å². The van der Waals surface area contributed by atoms with Crippen LogP contribution in [0.3, 0.4) is 0 Å². The Bertz CT molecular complexity index is 898. The van der Waals surface area contributed by atoms with Gasteiger partial charge in [0.1, 0.15) is 11.6 Å². The zero-order chi connectivity index (χ0) is 19.1. The molecule has 0 spiro atoms. The molecule has 1 heterocycles. The van der Waals surface area contributed by atoms with Crippen molar-refractivity contribution in [2.45, 2.75) is 12.3 Å². The van der Waals surface area contributed by atoms with Crippen molar-refractivity contribution in [1.29, 1.82) is 0 Å². The summed E-state index contributed by atoms with van der Waals surface area (Å²) in [4.78, 5) is 16.6. The van der Waals surface area contributed by atoms with Crippen LogP contribution >= 0.6 is 11.8 Å². The highest BCUT2D eigenvalue weighted by Crippen LogP contribution is 2.15. The van der Waals surface area contributed by atoms with E-state index in [9.17, 15) is 9.18 Å². The van der Waals surface area contributed by atoms with Crippen LogP contribution in [0.5, 0.6) is 0 Å². The molecule has 0 aliphatic carbocycles. The van der Waals surface area contributed by atoms with Crippen LogP contribution in [0.25, 0.3) is 0 Å². The van der Waals surface area contributed by atoms with Gasteiger partial charge in [0.25, 0.3) is 5.91 Å². The topological polar surface area (TPSA) is 54.0 Å². The van der Waals surface area contributed by atoms with Crippen LogP contribution in [-0.2, 0) is 12.3 Å². The van der Waals surface area contributed by atoms with Gasteiger partial charge in [0.2, 0.25) is 0 Å². The van der Waals surface area contributed by atoms with Gasteiger partial charge in [-0.2, -0.15) is 11.8 Å². The van der Waals surface area contributed by atoms with Gasteiger partial charge in [-0.25, -0.2) is 9.37 Å². The highest BCUT2D eigenvalue weighted by Gasteiger charge is 2.07. The standard InChI is InChI=1S/C21H20FN3OS/c1-27-14-15-6-8-16(9-7-15)21(26)25-18-10-11-20(24-13-18)23-12-17-4-2-3-5-19(17)22/h2-11,13H,12,14H2,1H3,(H,23,24)(H,25,26). The number of aromatic nitrogens is 1. The van der Waals surface area contributed by atoms with Crippen molar-refractivity contribution in [1.82, 2.24) is 4.98 Å². The normalized spacial score (nSPS) is 10.4. The average molecular weight is 381 g/mol. The molecular weight excluding hydrogens is 361 g/mol. The highest BCUT2D eigenvalue weighted by molar-refractivity contribution is 7.97. The Morgan fingerprint density at radius 1 is 1.07 bits per heavy atom. The molecule has 0 aliphatic heterocycles. The molecule has 0 radical (unpaired) electrons. The van der Waals surface area contributed by atoms with E-state index in [-0.39, 0.29) is 11.7 Å². The van der Waals surface area contributed by atoms with Gasteiger partial charge < -0.3 is 10.6 Å². The fourth-order valence-electron chi connectivity index (χ4n) is 2.52. The lowest BCUT2D eigenvalue weighted by atomic mass is 10.1. The fraction of sp³-hybridized carbons (Fsp3) is 0.143. The van der Waals surface area contributed by atoms with Crippen molar-refractivity contribution in [3.05, 3.63) is 89.4 Å². The predicted octanol–water partition coefficient (Wildman–Crippen LogP) is 4.95. The summed E-state index contributed by atoms with van der Waals surface area (Å²) in [5.41, 5.74) is 2.96. The lowest BCUT2D eigenvalue weighted by Gasteiger charge is -2.09. The van der Waals surface area contributed by atoms with E-state index in [1.54, 1.807) is 48.3 Å². The van der Waals surface area contributed by atoms with E-state index in [2.05, 4.69) is 15.6 Å². The van der Waals surface area contributed by atoms with Gasteiger partial charge in [0, 0.05) is 23.4 Å². The van der Waals surface area contributed by atoms with Crippen LogP contribution in [0.2, 0.25) is 0 Å². The highest BCUT2D eigenvalue weighted by atomic mass is 32.2. The molecule has 0 atom stereocenters. The third-order valence-corrected chi connectivity index (χ3v) is 4.59. The van der Waals surface area contributed by atoms with Crippen molar-refractivity contribution in [2.75, 3.05) is 16.9 Å². The monoisotopic (exact) mass is 381 g/mol. The molecule has 0 unspecified atom stereocenters. The maximum absolute atomic E-state index is 13.6. The second-order valence-electron chi connectivity index (χ2n) is 5.96. The Labute approximate surface area is 162 Å². The lowest BCUT2D eigenvalue weighted by molar-refractivity contribution is 0.102. The number of pyridine rings is 1. The first-order valence-electron chi connectivity index (χ1n) is 8.48. The molecule has 0 saturated carbocycles. The van der Waals surface area contributed by atoms with Crippen LogP contribution in [0.1, 0.15) is 21.5 Å². The molecule has 6 heteroatoms. The van der Waals surface area contributed by atoms with Crippen molar-refractivity contribution in [3.63, 3.8) is 0 Å². The summed E-state index contributed by atoms with van der Waals surface area (Å²) in [7, 11) is 0. The Kier molecular flexibility index (Phi) is 6.44. The van der Waals surface area contributed by atoms with Gasteiger partial charge in [0.05, 0.1) is 11.9 Å². The zero-order valence-electron chi connectivity index (χ0n) is 14.9. The van der Waals surface area contributed by atoms with E-state index in [0.29, 0.717) is 29.2 Å². The second kappa shape index (κ2) is 9.19. The summed E-state index contributed by atoms with van der Waals surface area (Å²) >= 11 is 1.74. The average Bonchev–Trinajstić information content (AvgIpc) is 2.69. The van der Waals surface area contributed by atoms with Gasteiger partial charge in [-0.15, -0.1) is 0 Å². The Balaban J connectivity index is 1.57. The SMILES string of the molecule is CSCc1ccc(C(=O)Nc2ccc(NCc3ccccc3F)nc2)cc1. The maximum atomic E-state index is 13.6. The van der Waals surface area contributed by atoms with Crippen LogP contribution in [0.4, 0.5) is 15.9 Å². The second-order valence-corrected chi connectivity index (χ2v) is 6.83. The number of hydrogen-bond acceptors (Lipinski definition) is 4. The first kappa shape index (κ1) is 18.9. The zero-order valence-corrected chi connectivity index (χ0v) is 15.7. The number of halogens is 1. The van der Waals surface area contributed by atoms with Gasteiger partial charge in [0.15, 0.2) is 0 Å². The predicted molar refractivity (Wildman–Crippen MR) is 110 cm³/mol. The Hall–Kier alpha value is -2.86. The summed E-state index contributed by atoms with van der Waals surface area (Å²) in [5.74, 6) is 1.10. The molecule has 0 saturated heterocycles. The number of thioether (sulfide) groups is 1. The summed E-state index contributed by atoms with van der Waals surface area (Å²) in [6, 6.07) is 17.7. The summed E-state index contributed by atoms with van der Waals surface area (Å²) in [5, 5.41) is 5.89. The number of rotatable bonds is 7. The van der Waals surface area contributed by atoms with Crippen molar-refractivity contribution in [3.8, 4) is 0 Å². The van der Waals surface area contributed by atoms with E-state index in [0.717, 1.165) is 5.75 Å². The molecule has 0 aliphatic rings. The molecule has 27 heavy (non-hydrogen) atoms. The molecular formula is C21H20FN3OS. The first-order valence-corrected chi connectivity index (χ1v) is 9.87. The quantitative estimate of drug-likeness (QED) is 0.608. The third-order valence-electron chi connectivity index (χ3n) is 3.97. The number of carbonyl (C=O) groups is 1. The molecule has 2 aromatic carbocycles. The first-order chi connectivity index (χ1) is 13.2. The minimum atomic E-state index is -0.252. The van der Waals surface area contributed by atoms with Crippen molar-refractivity contribution >= 4 is 29.2 Å². The van der Waals surface area contributed by atoms with Crippen LogP contribution in [0.15, 0.2) is 66.9 Å². The minimum absolute atomic E-state index is 0.181. The summed E-state index contributed by atoms with van der Waals surface area (Å²) in [6.07, 6.45) is 3.62. The van der Waals surface area contributed by atoms with Crippen LogP contribution < -0.4 is 10.6 Å². The fourth-order valence-corrected chi connectivity index (χ4v) is 3.05. The molecule has 138 valence electrons. The number of hydrogen-bond donors (Lipinski definition) is 2. The van der Waals surface area contributed by atoms with E-state index in [1.807, 2.05) is 30.5 Å². The van der Waals surface area contributed by atoms with Gasteiger partial charge >= 0.3 is 0 Å². The molecule has 1 amide bonds. The summed E-state index contributed by atoms with van der Waals surface area (Å²) < 4.78 is 13.6. The number of anilines is 2. The largest absolute Gasteiger partial charge is 0.366 e. The minimum Gasteiger partial charge on any atom is -0.366 e. The number of nitrogens with one attached hydrogen (secondary N) is 2. The Morgan fingerprint density at radius 2 is 1.85 bits per heavy atom. The van der Waals surface area contributed by atoms with E-state index in [4.69, 9.17) is 0 Å². The van der Waals surface area contributed by atoms with Crippen molar-refractivity contribution < 1.29 is 9.18 Å². The number of amides is 1. The smallest absolute Gasteiger partial charge is 0.255 e. The van der Waals surface area contributed by atoms with Gasteiger partial charge in [-0.05, 0) is 42.2 Å². The third kappa shape index (κ3) is 5.31. The summed E-state index contributed by atoms with van der Waals surface area (Å²) in [6.45, 7) is 0.341. The van der Waals surface area contributed by atoms with E-state index >= 15 is 0 Å². The number of nitrogens with zero attached hydrogens (tertiary/aromatic N) is 1. The molecule has 1 aromatic heterocycles. The Morgan fingerprint density at radius 3 is 2.52 bits per heavy atom. The van der Waals surface area contributed by atoms with Gasteiger partial charge in [-0.3, -0.25) is 4.79 Å². The lowest BCUT2D eigenvalue weighted by Crippen LogP contribution is -2.12. The maximum Gasteiger partial charge on any atom is 0.255 e. The molecule has 2 N–H and O–H groups in total. The molecule has 0 bridgehead atoms. The van der Waals surface area contributed by atoms with E-state index in [1.165, 1.54) is 11.6 Å². The molecule has 3 rings (SSSR count). The molecule has 3 aromatic rings. The van der Waals surface area contributed by atoms with Crippen LogP contribution in [0, 0.1) is 5.82 Å². The number of carbonyl (C=O) groups excluding carboxylic acids is 1. The van der Waals surface area contributed by atoms with E-state index < -0.39 is 0 Å². The van der Waals surface area contributed by atoms with Crippen molar-refractivity contribution in [2.24, 2.45) is 0 Å². The molecule has 0 fully saturated rings. The number of benzene rings is 2. The van der Waals surface area contributed by atoms with Crippen LogP contribution in [-0.4, -0.2) is 17.1 Å².